The molecule has 1 aromatic heterocycles. The summed E-state index contributed by atoms with van der Waals surface area (Å²) in [6, 6.07) is 14.0. The minimum Gasteiger partial charge on any atom is -0.867 e. The first-order valence-corrected chi connectivity index (χ1v) is 9.94. The monoisotopic (exact) mass is 455 g/mol. The highest BCUT2D eigenvalue weighted by Crippen LogP contribution is 2.25. The van der Waals surface area contributed by atoms with Crippen molar-refractivity contribution in [2.24, 2.45) is 0 Å². The summed E-state index contributed by atoms with van der Waals surface area (Å²) in [7, 11) is 0. The number of anilines is 1. The number of non-ortho nitro benzene ring substituents is 1. The van der Waals surface area contributed by atoms with Crippen molar-refractivity contribution in [3.63, 3.8) is 0 Å². The van der Waals surface area contributed by atoms with Gasteiger partial charge in [0.1, 0.15) is 0 Å². The van der Waals surface area contributed by atoms with Gasteiger partial charge in [0.25, 0.3) is 5.69 Å². The minimum absolute atomic E-state index is 0.122. The van der Waals surface area contributed by atoms with Crippen LogP contribution in [0.1, 0.15) is 16.7 Å². The van der Waals surface area contributed by atoms with Crippen molar-refractivity contribution in [2.45, 2.75) is 13.5 Å². The molecule has 0 saturated heterocycles. The van der Waals surface area contributed by atoms with Crippen LogP contribution in [0.2, 0.25) is 5.02 Å². The second-order valence-electron chi connectivity index (χ2n) is 6.63. The van der Waals surface area contributed by atoms with Crippen LogP contribution in [0.5, 0.6) is 0 Å². The van der Waals surface area contributed by atoms with Gasteiger partial charge in [-0.05, 0) is 54.1 Å². The predicted octanol–water partition coefficient (Wildman–Crippen LogP) is 3.46. The zero-order chi connectivity index (χ0) is 22.5. The summed E-state index contributed by atoms with van der Waals surface area (Å²) < 4.78 is 1.52. The Morgan fingerprint density at radius 3 is 2.55 bits per heavy atom. The summed E-state index contributed by atoms with van der Waals surface area (Å²) in [4.78, 5) is 10.5. The van der Waals surface area contributed by atoms with Gasteiger partial charge in [0.05, 0.1) is 11.5 Å². The molecule has 0 radical (unpaired) electrons. The summed E-state index contributed by atoms with van der Waals surface area (Å²) in [5.74, 6) is -0.438. The standard InChI is InChI=1S/C22H18ClN3O4S/c1-14-18(23)5-2-6-19(14)24-22(31)20(25-11-3-4-15(12-25)13-27)21(28)16-7-9-17(10-8-16)26(29)30/h2-12,27H,13H2,1H3,(H-,24,28,31). The number of aromatic nitrogens is 1. The normalized spacial score (nSPS) is 11.6. The molecule has 31 heavy (non-hydrogen) atoms. The number of aliphatic hydroxyl groups excluding tert-OH is 1. The molecular weight excluding hydrogens is 438 g/mol. The van der Waals surface area contributed by atoms with E-state index in [0.29, 0.717) is 16.3 Å². The zero-order valence-electron chi connectivity index (χ0n) is 16.4. The fourth-order valence-electron chi connectivity index (χ4n) is 2.89. The second kappa shape index (κ2) is 9.65. The van der Waals surface area contributed by atoms with Crippen LogP contribution in [0.25, 0.3) is 11.5 Å². The van der Waals surface area contributed by atoms with Crippen LogP contribution in [0.15, 0.2) is 67.0 Å². The lowest BCUT2D eigenvalue weighted by Crippen LogP contribution is -2.40. The Bertz CT molecular complexity index is 1180. The average molecular weight is 456 g/mol. The fraction of sp³-hybridized carbons (Fsp3) is 0.0909. The third-order valence-electron chi connectivity index (χ3n) is 4.59. The van der Waals surface area contributed by atoms with Gasteiger partial charge in [0.15, 0.2) is 17.4 Å². The predicted molar refractivity (Wildman–Crippen MR) is 121 cm³/mol. The third-order valence-corrected chi connectivity index (χ3v) is 5.29. The molecule has 0 bridgehead atoms. The van der Waals surface area contributed by atoms with Crippen molar-refractivity contribution in [3.05, 3.63) is 98.8 Å². The number of benzene rings is 2. The van der Waals surface area contributed by atoms with Gasteiger partial charge < -0.3 is 15.5 Å². The number of thiocarbonyl (C=S) groups is 1. The zero-order valence-corrected chi connectivity index (χ0v) is 18.0. The molecule has 158 valence electrons. The van der Waals surface area contributed by atoms with Crippen molar-refractivity contribution in [3.8, 4) is 0 Å². The number of aliphatic hydroxyl groups is 1. The van der Waals surface area contributed by atoms with E-state index >= 15 is 0 Å². The molecule has 3 rings (SSSR count). The Labute approximate surface area is 189 Å². The maximum absolute atomic E-state index is 13.4. The van der Waals surface area contributed by atoms with Crippen molar-refractivity contribution in [2.75, 3.05) is 5.32 Å². The van der Waals surface area contributed by atoms with Gasteiger partial charge in [0.2, 0.25) is 5.70 Å². The lowest BCUT2D eigenvalue weighted by atomic mass is 10.1. The van der Waals surface area contributed by atoms with E-state index in [9.17, 15) is 20.3 Å². The Morgan fingerprint density at radius 2 is 1.90 bits per heavy atom. The van der Waals surface area contributed by atoms with Gasteiger partial charge in [-0.25, -0.2) is 0 Å². The SMILES string of the molecule is Cc1c(Cl)cccc1NC(=S)/C(=C(\[O-])c1ccc([N+](=O)[O-])cc1)[n+]1cccc(CO)c1. The first-order valence-electron chi connectivity index (χ1n) is 9.16. The highest BCUT2D eigenvalue weighted by molar-refractivity contribution is 7.81. The van der Waals surface area contributed by atoms with E-state index in [4.69, 9.17) is 23.8 Å². The minimum atomic E-state index is -0.535. The highest BCUT2D eigenvalue weighted by atomic mass is 35.5. The third kappa shape index (κ3) is 5.05. The summed E-state index contributed by atoms with van der Waals surface area (Å²) in [5, 5.41) is 37.4. The van der Waals surface area contributed by atoms with E-state index in [2.05, 4.69) is 5.32 Å². The number of hydrogen-bond acceptors (Lipinski definition) is 5. The fourth-order valence-corrected chi connectivity index (χ4v) is 3.37. The molecule has 0 spiro atoms. The number of nitrogens with one attached hydrogen (secondary N) is 1. The Morgan fingerprint density at radius 1 is 1.19 bits per heavy atom. The summed E-state index contributed by atoms with van der Waals surface area (Å²) in [6.45, 7) is 1.61. The molecule has 2 aromatic carbocycles. The van der Waals surface area contributed by atoms with Crippen molar-refractivity contribution < 1.29 is 19.7 Å². The molecule has 0 aliphatic carbocycles. The van der Waals surface area contributed by atoms with E-state index in [1.807, 2.05) is 6.92 Å². The van der Waals surface area contributed by atoms with Crippen LogP contribution in [0.3, 0.4) is 0 Å². The maximum Gasteiger partial charge on any atom is 0.269 e. The molecule has 0 aliphatic heterocycles. The number of halogens is 1. The lowest BCUT2D eigenvalue weighted by Gasteiger charge is -2.18. The van der Waals surface area contributed by atoms with Crippen molar-refractivity contribution >= 4 is 51.6 Å². The maximum atomic E-state index is 13.4. The van der Waals surface area contributed by atoms with E-state index in [-0.39, 0.29) is 28.5 Å². The van der Waals surface area contributed by atoms with E-state index in [1.165, 1.54) is 28.8 Å². The Kier molecular flexibility index (Phi) is 6.96. The molecule has 7 nitrogen and oxygen atoms in total. The molecular formula is C22H18ClN3O4S. The molecule has 3 aromatic rings. The Hall–Kier alpha value is -3.33. The molecule has 1 heterocycles. The van der Waals surface area contributed by atoms with Gasteiger partial charge in [0, 0.05) is 34.5 Å². The van der Waals surface area contributed by atoms with Crippen LogP contribution in [0.4, 0.5) is 11.4 Å². The van der Waals surface area contributed by atoms with Crippen LogP contribution in [-0.4, -0.2) is 15.0 Å². The summed E-state index contributed by atoms with van der Waals surface area (Å²) in [6.07, 6.45) is 3.23. The van der Waals surface area contributed by atoms with Gasteiger partial charge in [-0.3, -0.25) is 10.1 Å². The molecule has 0 atom stereocenters. The molecule has 0 unspecified atom stereocenters. The molecule has 0 fully saturated rings. The Balaban J connectivity index is 2.11. The largest absolute Gasteiger partial charge is 0.867 e. The lowest BCUT2D eigenvalue weighted by molar-refractivity contribution is -0.578. The van der Waals surface area contributed by atoms with Gasteiger partial charge >= 0.3 is 0 Å². The van der Waals surface area contributed by atoms with E-state index in [1.54, 1.807) is 42.7 Å². The van der Waals surface area contributed by atoms with Gasteiger partial charge in [-0.15, -0.1) is 0 Å². The van der Waals surface area contributed by atoms with Gasteiger partial charge in [-0.1, -0.05) is 29.9 Å². The molecule has 0 amide bonds. The molecule has 9 heteroatoms. The number of nitro groups is 1. The first kappa shape index (κ1) is 22.4. The van der Waals surface area contributed by atoms with Crippen LogP contribution in [0, 0.1) is 17.0 Å². The average Bonchev–Trinajstić information content (AvgIpc) is 2.77. The summed E-state index contributed by atoms with van der Waals surface area (Å²) >= 11 is 11.7. The molecule has 2 N–H and O–H groups in total. The topological polar surface area (TPSA) is 102 Å². The number of nitro benzene ring substituents is 1. The highest BCUT2D eigenvalue weighted by Gasteiger charge is 2.20. The summed E-state index contributed by atoms with van der Waals surface area (Å²) in [5.41, 5.74) is 2.22. The van der Waals surface area contributed by atoms with E-state index < -0.39 is 10.7 Å². The molecule has 0 saturated carbocycles. The second-order valence-corrected chi connectivity index (χ2v) is 7.44. The van der Waals surface area contributed by atoms with Crippen LogP contribution < -0.4 is 15.0 Å². The van der Waals surface area contributed by atoms with Crippen LogP contribution >= 0.6 is 23.8 Å². The smallest absolute Gasteiger partial charge is 0.269 e. The quantitative estimate of drug-likeness (QED) is 0.147. The van der Waals surface area contributed by atoms with Crippen molar-refractivity contribution in [1.82, 2.24) is 0 Å². The number of rotatable bonds is 6. The number of nitrogens with zero attached hydrogens (tertiary/aromatic N) is 2. The molecule has 0 aliphatic rings. The number of pyridine rings is 1. The van der Waals surface area contributed by atoms with Crippen molar-refractivity contribution in [1.29, 1.82) is 0 Å². The van der Waals surface area contributed by atoms with E-state index in [0.717, 1.165) is 5.56 Å². The van der Waals surface area contributed by atoms with Crippen LogP contribution in [-0.2, 0) is 6.61 Å². The van der Waals surface area contributed by atoms with Gasteiger partial charge in [-0.2, -0.15) is 4.57 Å². The number of hydrogen-bond donors (Lipinski definition) is 2. The first-order chi connectivity index (χ1) is 14.8.